The van der Waals surface area contributed by atoms with Crippen molar-refractivity contribution in [3.8, 4) is 22.9 Å². The predicted octanol–water partition coefficient (Wildman–Crippen LogP) is 4.29. The maximum absolute atomic E-state index is 13.8. The number of rotatable bonds is 11. The van der Waals surface area contributed by atoms with Gasteiger partial charge in [-0.05, 0) is 44.0 Å². The van der Waals surface area contributed by atoms with Crippen molar-refractivity contribution >= 4 is 11.6 Å². The molecule has 10 nitrogen and oxygen atoms in total. The fraction of sp³-hybridized carbons (Fsp3) is 0.385. The maximum atomic E-state index is 13.8. The first-order valence-corrected chi connectivity index (χ1v) is 12.4. The SMILES string of the molecule is CCc1cc(Oc2nccn3c(-c4cn(C(C)C)nc4C(F)(F)F)cnc23)ccc1C(=O)NCCOCCO. The molecule has 0 unspecified atom stereocenters. The number of aliphatic hydroxyl groups is 1. The number of aryl methyl sites for hydroxylation is 1. The molecular weight excluding hydrogens is 517 g/mol. The van der Waals surface area contributed by atoms with E-state index in [9.17, 15) is 18.0 Å². The Labute approximate surface area is 222 Å². The summed E-state index contributed by atoms with van der Waals surface area (Å²) in [6.45, 7) is 6.07. The molecule has 0 aliphatic heterocycles. The molecule has 0 bridgehead atoms. The number of aliphatic hydroxyl groups excluding tert-OH is 1. The first kappa shape index (κ1) is 28.0. The second kappa shape index (κ2) is 11.8. The molecule has 2 N–H and O–H groups in total. The number of hydrogen-bond donors (Lipinski definition) is 2. The molecule has 0 spiro atoms. The van der Waals surface area contributed by atoms with Gasteiger partial charge in [-0.2, -0.15) is 18.3 Å². The van der Waals surface area contributed by atoms with Gasteiger partial charge in [0.2, 0.25) is 5.65 Å². The highest BCUT2D eigenvalue weighted by Gasteiger charge is 2.38. The topological polar surface area (TPSA) is 116 Å². The summed E-state index contributed by atoms with van der Waals surface area (Å²) in [6.07, 6.45) is 1.50. The minimum Gasteiger partial charge on any atom is -0.436 e. The molecule has 4 rings (SSSR count). The average molecular weight is 547 g/mol. The molecule has 1 amide bonds. The number of imidazole rings is 1. The van der Waals surface area contributed by atoms with E-state index >= 15 is 0 Å². The van der Waals surface area contributed by atoms with Gasteiger partial charge in [0.15, 0.2) is 5.69 Å². The number of aromatic nitrogens is 5. The monoisotopic (exact) mass is 546 g/mol. The van der Waals surface area contributed by atoms with Gasteiger partial charge in [0.1, 0.15) is 5.75 Å². The van der Waals surface area contributed by atoms with Crippen molar-refractivity contribution < 1.29 is 32.5 Å². The molecule has 0 fully saturated rings. The normalized spacial score (nSPS) is 11.9. The summed E-state index contributed by atoms with van der Waals surface area (Å²) in [5, 5.41) is 15.3. The van der Waals surface area contributed by atoms with Crippen LogP contribution in [0, 0.1) is 0 Å². The third-order valence-electron chi connectivity index (χ3n) is 5.89. The van der Waals surface area contributed by atoms with Crippen LogP contribution in [0.15, 0.2) is 43.0 Å². The lowest BCUT2D eigenvalue weighted by molar-refractivity contribution is -0.141. The molecule has 0 saturated heterocycles. The number of nitrogens with one attached hydrogen (secondary N) is 1. The lowest BCUT2D eigenvalue weighted by atomic mass is 10.0. The highest BCUT2D eigenvalue weighted by atomic mass is 19.4. The second-order valence-electron chi connectivity index (χ2n) is 8.90. The summed E-state index contributed by atoms with van der Waals surface area (Å²) in [4.78, 5) is 21.1. The Bertz CT molecular complexity index is 1450. The molecule has 1 aromatic carbocycles. The van der Waals surface area contributed by atoms with E-state index in [1.165, 1.54) is 33.9 Å². The number of alkyl halides is 3. The van der Waals surface area contributed by atoms with E-state index in [0.717, 1.165) is 5.56 Å². The van der Waals surface area contributed by atoms with Gasteiger partial charge in [-0.25, -0.2) is 9.97 Å². The summed E-state index contributed by atoms with van der Waals surface area (Å²) < 4.78 is 55.2. The summed E-state index contributed by atoms with van der Waals surface area (Å²) in [7, 11) is 0. The molecule has 0 aliphatic rings. The van der Waals surface area contributed by atoms with Crippen LogP contribution < -0.4 is 10.1 Å². The first-order chi connectivity index (χ1) is 18.6. The number of amides is 1. The largest absolute Gasteiger partial charge is 0.436 e. The fourth-order valence-electron chi connectivity index (χ4n) is 3.98. The lowest BCUT2D eigenvalue weighted by Crippen LogP contribution is -2.28. The van der Waals surface area contributed by atoms with Crippen LogP contribution in [-0.4, -0.2) is 61.5 Å². The van der Waals surface area contributed by atoms with Crippen LogP contribution in [0.4, 0.5) is 13.2 Å². The number of nitrogens with zero attached hydrogens (tertiary/aromatic N) is 5. The summed E-state index contributed by atoms with van der Waals surface area (Å²) >= 11 is 0. The van der Waals surface area contributed by atoms with Crippen LogP contribution >= 0.6 is 0 Å². The average Bonchev–Trinajstić information content (AvgIpc) is 3.54. The van der Waals surface area contributed by atoms with Gasteiger partial charge >= 0.3 is 6.18 Å². The van der Waals surface area contributed by atoms with Crippen molar-refractivity contribution in [2.24, 2.45) is 0 Å². The van der Waals surface area contributed by atoms with Gasteiger partial charge < -0.3 is 19.9 Å². The Morgan fingerprint density at radius 1 is 1.21 bits per heavy atom. The van der Waals surface area contributed by atoms with Gasteiger partial charge in [-0.3, -0.25) is 13.9 Å². The van der Waals surface area contributed by atoms with Gasteiger partial charge in [0.25, 0.3) is 11.8 Å². The number of hydrogen-bond acceptors (Lipinski definition) is 7. The molecule has 4 aromatic rings. The van der Waals surface area contributed by atoms with Crippen molar-refractivity contribution in [3.05, 3.63) is 59.8 Å². The van der Waals surface area contributed by atoms with Crippen LogP contribution in [0.5, 0.6) is 11.6 Å². The zero-order valence-corrected chi connectivity index (χ0v) is 21.7. The Balaban J connectivity index is 1.61. The number of carbonyl (C=O) groups is 1. The van der Waals surface area contributed by atoms with Crippen LogP contribution in [0.25, 0.3) is 16.9 Å². The molecule has 3 aromatic heterocycles. The Morgan fingerprint density at radius 2 is 2.00 bits per heavy atom. The van der Waals surface area contributed by atoms with Crippen molar-refractivity contribution in [3.63, 3.8) is 0 Å². The van der Waals surface area contributed by atoms with E-state index in [1.807, 2.05) is 6.92 Å². The Kier molecular flexibility index (Phi) is 8.51. The van der Waals surface area contributed by atoms with Gasteiger partial charge in [-0.15, -0.1) is 0 Å². The Morgan fingerprint density at radius 3 is 2.69 bits per heavy atom. The number of benzene rings is 1. The van der Waals surface area contributed by atoms with E-state index < -0.39 is 11.9 Å². The van der Waals surface area contributed by atoms with Gasteiger partial charge in [0, 0.05) is 36.7 Å². The number of ether oxygens (including phenoxy) is 2. The van der Waals surface area contributed by atoms with Crippen molar-refractivity contribution in [1.29, 1.82) is 0 Å². The van der Waals surface area contributed by atoms with Gasteiger partial charge in [-0.1, -0.05) is 6.92 Å². The van der Waals surface area contributed by atoms with E-state index in [4.69, 9.17) is 14.6 Å². The minimum absolute atomic E-state index is 0.0878. The lowest BCUT2D eigenvalue weighted by Gasteiger charge is -2.12. The Hall–Kier alpha value is -3.97. The molecule has 0 atom stereocenters. The summed E-state index contributed by atoms with van der Waals surface area (Å²) in [5.41, 5.74) is 0.516. The van der Waals surface area contributed by atoms with E-state index in [1.54, 1.807) is 32.0 Å². The fourth-order valence-corrected chi connectivity index (χ4v) is 3.98. The molecule has 39 heavy (non-hydrogen) atoms. The smallest absolute Gasteiger partial charge is 0.435 e. The van der Waals surface area contributed by atoms with Crippen molar-refractivity contribution in [2.75, 3.05) is 26.4 Å². The van der Waals surface area contributed by atoms with Crippen LogP contribution in [0.1, 0.15) is 48.4 Å². The molecule has 3 heterocycles. The van der Waals surface area contributed by atoms with Crippen LogP contribution in [0.2, 0.25) is 0 Å². The molecular formula is C26H29F3N6O4. The van der Waals surface area contributed by atoms with Crippen LogP contribution in [-0.2, 0) is 17.3 Å². The summed E-state index contributed by atoms with van der Waals surface area (Å²) in [6, 6.07) is 4.68. The van der Waals surface area contributed by atoms with E-state index in [2.05, 4.69) is 20.4 Å². The first-order valence-electron chi connectivity index (χ1n) is 12.4. The number of carbonyl (C=O) groups excluding carboxylic acids is 1. The van der Waals surface area contributed by atoms with Crippen molar-refractivity contribution in [1.82, 2.24) is 29.5 Å². The third-order valence-corrected chi connectivity index (χ3v) is 5.89. The highest BCUT2D eigenvalue weighted by Crippen LogP contribution is 2.37. The molecule has 208 valence electrons. The number of fused-ring (bicyclic) bond motifs is 1. The molecule has 13 heteroatoms. The van der Waals surface area contributed by atoms with Crippen molar-refractivity contribution in [2.45, 2.75) is 39.4 Å². The molecule has 0 saturated carbocycles. The zero-order chi connectivity index (χ0) is 28.2. The quantitative estimate of drug-likeness (QED) is 0.270. The maximum Gasteiger partial charge on any atom is 0.435 e. The van der Waals surface area contributed by atoms with Crippen LogP contribution in [0.3, 0.4) is 0 Å². The minimum atomic E-state index is -4.65. The molecule has 0 aliphatic carbocycles. The highest BCUT2D eigenvalue weighted by molar-refractivity contribution is 5.95. The zero-order valence-electron chi connectivity index (χ0n) is 21.7. The predicted molar refractivity (Wildman–Crippen MR) is 136 cm³/mol. The molecule has 0 radical (unpaired) electrons. The van der Waals surface area contributed by atoms with Gasteiger partial charge in [0.05, 0.1) is 37.3 Å². The standard InChI is InChI=1S/C26H29F3N6O4/c1-4-17-13-18(5-6-19(17)24(37)30-8-11-38-12-10-36)39-25-23-32-14-21(34(23)9-7-31-25)20-15-35(16(2)3)33-22(20)26(27,28)29/h5-7,9,13-16,36H,4,8,10-12H2,1-3H3,(H,30,37). The van der Waals surface area contributed by atoms with E-state index in [0.29, 0.717) is 24.3 Å². The summed E-state index contributed by atoms with van der Waals surface area (Å²) in [5.74, 6) is 0.212. The number of halogens is 3. The second-order valence-corrected chi connectivity index (χ2v) is 8.90. The third kappa shape index (κ3) is 6.20. The van der Waals surface area contributed by atoms with E-state index in [-0.39, 0.29) is 54.6 Å².